The zero-order valence-corrected chi connectivity index (χ0v) is 17.8. The highest BCUT2D eigenvalue weighted by Crippen LogP contribution is 2.33. The third-order valence-electron chi connectivity index (χ3n) is 6.23. The summed E-state index contributed by atoms with van der Waals surface area (Å²) in [6.07, 6.45) is 4.30. The summed E-state index contributed by atoms with van der Waals surface area (Å²) in [6, 6.07) is 5.55. The van der Waals surface area contributed by atoms with Gasteiger partial charge in [-0.2, -0.15) is 0 Å². The number of carbonyl (C=O) groups is 1. The Balaban J connectivity index is 1.43. The molecule has 3 aromatic heterocycles. The predicted molar refractivity (Wildman–Crippen MR) is 115 cm³/mol. The summed E-state index contributed by atoms with van der Waals surface area (Å²) in [5, 5.41) is 4.36. The van der Waals surface area contributed by atoms with E-state index in [2.05, 4.69) is 15.0 Å². The molecule has 1 fully saturated rings. The number of hydrogen-bond acceptors (Lipinski definition) is 5. The molecule has 0 unspecified atom stereocenters. The van der Waals surface area contributed by atoms with Crippen LogP contribution in [0.25, 0.3) is 5.65 Å². The van der Waals surface area contributed by atoms with Crippen molar-refractivity contribution in [1.82, 2.24) is 24.1 Å². The monoisotopic (exact) mass is 442 g/mol. The van der Waals surface area contributed by atoms with Crippen LogP contribution in [0.1, 0.15) is 42.1 Å². The largest absolute Gasteiger partial charge is 0.350 e. The van der Waals surface area contributed by atoms with Gasteiger partial charge < -0.3 is 9.80 Å². The fourth-order valence-electron chi connectivity index (χ4n) is 4.43. The minimum Gasteiger partial charge on any atom is -0.338 e. The van der Waals surface area contributed by atoms with E-state index in [0.717, 1.165) is 36.5 Å². The van der Waals surface area contributed by atoms with E-state index in [-0.39, 0.29) is 37.5 Å². The van der Waals surface area contributed by atoms with Crippen LogP contribution in [0.3, 0.4) is 0 Å². The van der Waals surface area contributed by atoms with Gasteiger partial charge in [0.1, 0.15) is 5.82 Å². The van der Waals surface area contributed by atoms with E-state index in [0.29, 0.717) is 17.8 Å². The van der Waals surface area contributed by atoms with Crippen molar-refractivity contribution in [1.29, 1.82) is 0 Å². The minimum atomic E-state index is -2.69. The lowest BCUT2D eigenvalue weighted by Crippen LogP contribution is -2.42. The van der Waals surface area contributed by atoms with E-state index < -0.39 is 5.92 Å². The number of pyridine rings is 2. The van der Waals surface area contributed by atoms with Crippen molar-refractivity contribution in [2.75, 3.05) is 24.5 Å². The summed E-state index contributed by atoms with van der Waals surface area (Å²) >= 11 is 0. The van der Waals surface area contributed by atoms with Crippen LogP contribution in [-0.2, 0) is 13.0 Å². The van der Waals surface area contributed by atoms with Crippen molar-refractivity contribution in [2.24, 2.45) is 0 Å². The van der Waals surface area contributed by atoms with Gasteiger partial charge in [0.05, 0.1) is 5.56 Å². The van der Waals surface area contributed by atoms with E-state index in [4.69, 9.17) is 0 Å². The van der Waals surface area contributed by atoms with Gasteiger partial charge in [0.15, 0.2) is 5.65 Å². The van der Waals surface area contributed by atoms with Gasteiger partial charge in [-0.1, -0.05) is 0 Å². The fraction of sp³-hybridized carbons (Fsp3) is 0.455. The fourth-order valence-corrected chi connectivity index (χ4v) is 4.43. The molecule has 2 aliphatic heterocycles. The van der Waals surface area contributed by atoms with Gasteiger partial charge in [-0.25, -0.2) is 23.2 Å². The standard InChI is InChI=1S/C22H24F2N6O2/c1-2-30-21(32)29-9-5-17(13-18(29)26-30)28-8-3-4-15-12-16(14-25-19(15)28)20(31)27-10-6-22(23,24)7-11-27/h5,9,12-14H,2-4,6-8,10-11H2,1H3. The first-order valence-corrected chi connectivity index (χ1v) is 10.9. The number of aryl methyl sites for hydroxylation is 2. The Morgan fingerprint density at radius 3 is 2.72 bits per heavy atom. The maximum atomic E-state index is 13.4. The molecule has 5 heterocycles. The molecule has 0 radical (unpaired) electrons. The number of hydrogen-bond donors (Lipinski definition) is 0. The van der Waals surface area contributed by atoms with Crippen molar-refractivity contribution >= 4 is 23.1 Å². The van der Waals surface area contributed by atoms with Gasteiger partial charge in [-0.3, -0.25) is 9.20 Å². The van der Waals surface area contributed by atoms with Gasteiger partial charge in [0.2, 0.25) is 0 Å². The predicted octanol–water partition coefficient (Wildman–Crippen LogP) is 2.87. The average Bonchev–Trinajstić information content (AvgIpc) is 3.12. The van der Waals surface area contributed by atoms with Gasteiger partial charge >= 0.3 is 5.69 Å². The van der Waals surface area contributed by atoms with Crippen LogP contribution in [0.15, 0.2) is 35.4 Å². The number of amides is 1. The third-order valence-corrected chi connectivity index (χ3v) is 6.23. The Hall–Kier alpha value is -3.30. The molecule has 3 aromatic rings. The van der Waals surface area contributed by atoms with Crippen LogP contribution in [0.2, 0.25) is 0 Å². The maximum Gasteiger partial charge on any atom is 0.350 e. The molecule has 0 aliphatic carbocycles. The molecule has 0 spiro atoms. The minimum absolute atomic E-state index is 0.0544. The first-order chi connectivity index (χ1) is 15.4. The lowest BCUT2D eigenvalue weighted by molar-refractivity contribution is -0.0494. The van der Waals surface area contributed by atoms with Gasteiger partial charge in [0.25, 0.3) is 11.8 Å². The van der Waals surface area contributed by atoms with Gasteiger partial charge in [0, 0.05) is 63.2 Å². The van der Waals surface area contributed by atoms with Crippen molar-refractivity contribution < 1.29 is 13.6 Å². The zero-order chi connectivity index (χ0) is 22.5. The molecule has 32 heavy (non-hydrogen) atoms. The Morgan fingerprint density at radius 2 is 1.97 bits per heavy atom. The van der Waals surface area contributed by atoms with E-state index in [1.165, 1.54) is 20.2 Å². The molecule has 2 aliphatic rings. The number of halogens is 2. The molecule has 1 saturated heterocycles. The first-order valence-electron chi connectivity index (χ1n) is 10.9. The van der Waals surface area contributed by atoms with Crippen LogP contribution in [0, 0.1) is 0 Å². The Bertz CT molecular complexity index is 1240. The van der Waals surface area contributed by atoms with Gasteiger partial charge in [-0.15, -0.1) is 5.10 Å². The van der Waals surface area contributed by atoms with Crippen LogP contribution in [0.4, 0.5) is 20.3 Å². The van der Waals surface area contributed by atoms with Crippen molar-refractivity contribution in [3.05, 3.63) is 52.2 Å². The second-order valence-electron chi connectivity index (χ2n) is 8.32. The van der Waals surface area contributed by atoms with E-state index >= 15 is 0 Å². The average molecular weight is 442 g/mol. The molecule has 0 atom stereocenters. The second kappa shape index (κ2) is 7.68. The number of piperidine rings is 1. The van der Waals surface area contributed by atoms with Crippen LogP contribution in [-0.4, -0.2) is 55.5 Å². The number of nitrogens with zero attached hydrogens (tertiary/aromatic N) is 6. The highest BCUT2D eigenvalue weighted by molar-refractivity contribution is 5.94. The Morgan fingerprint density at radius 1 is 1.19 bits per heavy atom. The van der Waals surface area contributed by atoms with E-state index in [1.54, 1.807) is 6.20 Å². The molecule has 10 heteroatoms. The topological polar surface area (TPSA) is 75.7 Å². The summed E-state index contributed by atoms with van der Waals surface area (Å²) in [6.45, 7) is 3.23. The molecule has 1 amide bonds. The number of aromatic nitrogens is 4. The van der Waals surface area contributed by atoms with E-state index in [9.17, 15) is 18.4 Å². The summed E-state index contributed by atoms with van der Waals surface area (Å²) in [5.41, 5.74) is 2.64. The molecule has 0 N–H and O–H groups in total. The molecule has 168 valence electrons. The number of carbonyl (C=O) groups excluding carboxylic acids is 1. The smallest absolute Gasteiger partial charge is 0.338 e. The zero-order valence-electron chi connectivity index (χ0n) is 17.8. The van der Waals surface area contributed by atoms with Crippen LogP contribution < -0.4 is 10.6 Å². The Kier molecular flexibility index (Phi) is 4.94. The molecule has 0 bridgehead atoms. The number of fused-ring (bicyclic) bond motifs is 2. The van der Waals surface area contributed by atoms with E-state index in [1.807, 2.05) is 25.1 Å². The third kappa shape index (κ3) is 3.53. The summed E-state index contributed by atoms with van der Waals surface area (Å²) in [5.74, 6) is -2.18. The van der Waals surface area contributed by atoms with Crippen molar-refractivity contribution in [2.45, 2.75) is 45.1 Å². The summed E-state index contributed by atoms with van der Waals surface area (Å²) in [4.78, 5) is 33.2. The van der Waals surface area contributed by atoms with Crippen molar-refractivity contribution in [3.8, 4) is 0 Å². The molecule has 0 aromatic carbocycles. The SMILES string of the molecule is CCn1nc2cc(N3CCCc4cc(C(=O)N5CCC(F)(F)CC5)cnc43)ccn2c1=O. The Labute approximate surface area is 183 Å². The lowest BCUT2D eigenvalue weighted by Gasteiger charge is -2.33. The highest BCUT2D eigenvalue weighted by atomic mass is 19.3. The summed E-state index contributed by atoms with van der Waals surface area (Å²) < 4.78 is 29.8. The normalized spacial score (nSPS) is 18.1. The number of alkyl halides is 2. The molecule has 8 nitrogen and oxygen atoms in total. The lowest BCUT2D eigenvalue weighted by atomic mass is 10.0. The first kappa shape index (κ1) is 20.6. The van der Waals surface area contributed by atoms with Crippen LogP contribution >= 0.6 is 0 Å². The molecular weight excluding hydrogens is 418 g/mol. The molecule has 5 rings (SSSR count). The molecular formula is C22H24F2N6O2. The van der Waals surface area contributed by atoms with Crippen molar-refractivity contribution in [3.63, 3.8) is 0 Å². The maximum absolute atomic E-state index is 13.4. The molecule has 0 saturated carbocycles. The van der Waals surface area contributed by atoms with Gasteiger partial charge in [-0.05, 0) is 37.5 Å². The summed E-state index contributed by atoms with van der Waals surface area (Å²) in [7, 11) is 0. The second-order valence-corrected chi connectivity index (χ2v) is 8.32. The number of rotatable bonds is 3. The quantitative estimate of drug-likeness (QED) is 0.624. The highest BCUT2D eigenvalue weighted by Gasteiger charge is 2.36. The number of likely N-dealkylation sites (tertiary alicyclic amines) is 1. The van der Waals surface area contributed by atoms with Crippen LogP contribution in [0.5, 0.6) is 0 Å². The number of anilines is 2.